The van der Waals surface area contributed by atoms with E-state index in [9.17, 15) is 4.79 Å². The van der Waals surface area contributed by atoms with Gasteiger partial charge < -0.3 is 4.98 Å². The van der Waals surface area contributed by atoms with Crippen LogP contribution in [-0.4, -0.2) is 10.9 Å². The summed E-state index contributed by atoms with van der Waals surface area (Å²) in [6.07, 6.45) is 0.850. The average Bonchev–Trinajstić information content (AvgIpc) is 2.86. The number of rotatable bonds is 4. The highest BCUT2D eigenvalue weighted by atomic mass is 35.5. The van der Waals surface area contributed by atoms with Crippen LogP contribution in [0.5, 0.6) is 0 Å². The summed E-state index contributed by atoms with van der Waals surface area (Å²) in [4.78, 5) is 14.5. The summed E-state index contributed by atoms with van der Waals surface area (Å²) in [6.45, 7) is 0. The fraction of sp³-hybridized carbons (Fsp3) is 0.188. The van der Waals surface area contributed by atoms with Crippen LogP contribution in [-0.2, 0) is 0 Å². The third-order valence-corrected chi connectivity index (χ3v) is 4.53. The molecule has 0 radical (unpaired) electrons. The van der Waals surface area contributed by atoms with Crippen molar-refractivity contribution in [1.82, 2.24) is 4.98 Å². The summed E-state index contributed by atoms with van der Waals surface area (Å²) in [5, 5.41) is 0. The molecule has 0 fully saturated rings. The van der Waals surface area contributed by atoms with Gasteiger partial charge in [0, 0.05) is 11.8 Å². The van der Waals surface area contributed by atoms with Crippen LogP contribution in [0.1, 0.15) is 23.5 Å². The minimum absolute atomic E-state index is 0.00913. The molecular formula is C16H14ClNOS. The number of alkyl halides is 1. The molecule has 0 unspecified atom stereocenters. The van der Waals surface area contributed by atoms with Gasteiger partial charge in [0.05, 0.1) is 10.2 Å². The molecule has 2 nitrogen and oxygen atoms in total. The van der Waals surface area contributed by atoms with Crippen molar-refractivity contribution in [2.75, 3.05) is 5.88 Å². The lowest BCUT2D eigenvalue weighted by Crippen LogP contribution is -2.03. The van der Waals surface area contributed by atoms with Gasteiger partial charge in [-0.2, -0.15) is 0 Å². The fourth-order valence-corrected chi connectivity index (χ4v) is 3.57. The molecule has 4 heteroatoms. The first-order valence-electron chi connectivity index (χ1n) is 6.52. The van der Waals surface area contributed by atoms with E-state index in [2.05, 4.69) is 23.2 Å². The van der Waals surface area contributed by atoms with Crippen molar-refractivity contribution >= 4 is 33.2 Å². The van der Waals surface area contributed by atoms with Crippen molar-refractivity contribution < 1.29 is 0 Å². The SMILES string of the molecule is O=c1[nH]c2c([C@H](CCCl)c3ccccc3)cccc2s1. The highest BCUT2D eigenvalue weighted by Crippen LogP contribution is 2.33. The van der Waals surface area contributed by atoms with Gasteiger partial charge in [-0.3, -0.25) is 4.79 Å². The maximum Gasteiger partial charge on any atom is 0.305 e. The van der Waals surface area contributed by atoms with E-state index in [4.69, 9.17) is 11.6 Å². The third-order valence-electron chi connectivity index (χ3n) is 3.46. The van der Waals surface area contributed by atoms with Gasteiger partial charge in [0.25, 0.3) is 0 Å². The summed E-state index contributed by atoms with van der Waals surface area (Å²) in [5.74, 6) is 0.798. The molecule has 0 saturated heterocycles. The fourth-order valence-electron chi connectivity index (χ4n) is 2.58. The molecule has 1 atom stereocenters. The first-order valence-corrected chi connectivity index (χ1v) is 7.87. The van der Waals surface area contributed by atoms with Crippen molar-refractivity contribution in [2.45, 2.75) is 12.3 Å². The molecule has 0 bridgehead atoms. The number of benzene rings is 2. The number of halogens is 1. The Kier molecular flexibility index (Phi) is 3.90. The van der Waals surface area contributed by atoms with E-state index in [0.717, 1.165) is 22.2 Å². The number of H-pyrrole nitrogens is 1. The van der Waals surface area contributed by atoms with Crippen molar-refractivity contribution in [3.63, 3.8) is 0 Å². The highest BCUT2D eigenvalue weighted by Gasteiger charge is 2.17. The zero-order valence-electron chi connectivity index (χ0n) is 10.8. The quantitative estimate of drug-likeness (QED) is 0.714. The maximum atomic E-state index is 11.6. The van der Waals surface area contributed by atoms with Crippen molar-refractivity contribution in [3.8, 4) is 0 Å². The standard InChI is InChI=1S/C16H14ClNOS/c17-10-9-12(11-5-2-1-3-6-11)13-7-4-8-14-15(13)18-16(19)20-14/h1-8,12H,9-10H2,(H,18,19)/t12-/m1/s1. The normalized spacial score (nSPS) is 12.7. The summed E-state index contributed by atoms with van der Waals surface area (Å²) in [6, 6.07) is 16.4. The predicted octanol–water partition coefficient (Wildman–Crippen LogP) is 4.35. The van der Waals surface area contributed by atoms with E-state index >= 15 is 0 Å². The molecule has 3 rings (SSSR count). The summed E-state index contributed by atoms with van der Waals surface area (Å²) >= 11 is 7.24. The lowest BCUT2D eigenvalue weighted by Gasteiger charge is -2.17. The maximum absolute atomic E-state index is 11.6. The average molecular weight is 304 g/mol. The molecule has 2 aromatic carbocycles. The van der Waals surface area contributed by atoms with E-state index in [1.165, 1.54) is 16.9 Å². The Hall–Kier alpha value is -1.58. The third kappa shape index (κ3) is 2.51. The van der Waals surface area contributed by atoms with Crippen LogP contribution in [0.4, 0.5) is 0 Å². The smallest absolute Gasteiger partial charge is 0.305 e. The number of hydrogen-bond donors (Lipinski definition) is 1. The van der Waals surface area contributed by atoms with Gasteiger partial charge in [0.1, 0.15) is 0 Å². The van der Waals surface area contributed by atoms with Crippen LogP contribution < -0.4 is 4.87 Å². The van der Waals surface area contributed by atoms with Gasteiger partial charge in [-0.25, -0.2) is 0 Å². The summed E-state index contributed by atoms with van der Waals surface area (Å²) < 4.78 is 1.00. The van der Waals surface area contributed by atoms with Crippen LogP contribution in [0, 0.1) is 0 Å². The predicted molar refractivity (Wildman–Crippen MR) is 86.1 cm³/mol. The van der Waals surface area contributed by atoms with E-state index in [1.807, 2.05) is 30.3 Å². The van der Waals surface area contributed by atoms with Gasteiger partial charge in [-0.15, -0.1) is 11.6 Å². The molecule has 3 aromatic rings. The Bertz CT molecular complexity index is 763. The van der Waals surface area contributed by atoms with Crippen LogP contribution in [0.2, 0.25) is 0 Å². The molecule has 1 N–H and O–H groups in total. The van der Waals surface area contributed by atoms with Crippen molar-refractivity contribution in [3.05, 3.63) is 69.3 Å². The molecule has 0 spiro atoms. The second-order valence-electron chi connectivity index (χ2n) is 4.68. The van der Waals surface area contributed by atoms with Gasteiger partial charge in [-0.1, -0.05) is 53.8 Å². The minimum atomic E-state index is -0.00913. The highest BCUT2D eigenvalue weighted by molar-refractivity contribution is 7.16. The molecular weight excluding hydrogens is 290 g/mol. The largest absolute Gasteiger partial charge is 0.312 e. The molecule has 1 heterocycles. The molecule has 0 amide bonds. The first-order chi connectivity index (χ1) is 9.79. The van der Waals surface area contributed by atoms with E-state index in [-0.39, 0.29) is 10.8 Å². The van der Waals surface area contributed by atoms with Crippen LogP contribution >= 0.6 is 22.9 Å². The Morgan fingerprint density at radius 3 is 2.65 bits per heavy atom. The van der Waals surface area contributed by atoms with E-state index < -0.39 is 0 Å². The van der Waals surface area contributed by atoms with Crippen LogP contribution in [0.25, 0.3) is 10.2 Å². The number of aromatic nitrogens is 1. The number of hydrogen-bond acceptors (Lipinski definition) is 2. The van der Waals surface area contributed by atoms with Gasteiger partial charge >= 0.3 is 4.87 Å². The second kappa shape index (κ2) is 5.81. The minimum Gasteiger partial charge on any atom is -0.312 e. The molecule has 0 aliphatic heterocycles. The Balaban J connectivity index is 2.17. The Morgan fingerprint density at radius 2 is 1.90 bits per heavy atom. The number of para-hydroxylation sites is 1. The topological polar surface area (TPSA) is 32.9 Å². The molecule has 102 valence electrons. The number of fused-ring (bicyclic) bond motifs is 1. The molecule has 0 aliphatic rings. The lowest BCUT2D eigenvalue weighted by molar-refractivity contribution is 0.787. The zero-order chi connectivity index (χ0) is 13.9. The van der Waals surface area contributed by atoms with Crippen LogP contribution in [0.15, 0.2) is 53.3 Å². The number of nitrogens with one attached hydrogen (secondary N) is 1. The molecule has 0 saturated carbocycles. The van der Waals surface area contributed by atoms with Gasteiger partial charge in [0.15, 0.2) is 0 Å². The van der Waals surface area contributed by atoms with Crippen LogP contribution in [0.3, 0.4) is 0 Å². The van der Waals surface area contributed by atoms with E-state index in [1.54, 1.807) is 0 Å². The Labute approximate surface area is 126 Å². The lowest BCUT2D eigenvalue weighted by atomic mass is 9.88. The van der Waals surface area contributed by atoms with Crippen molar-refractivity contribution in [1.29, 1.82) is 0 Å². The van der Waals surface area contributed by atoms with Gasteiger partial charge in [-0.05, 0) is 23.6 Å². The second-order valence-corrected chi connectivity index (χ2v) is 6.07. The first kappa shape index (κ1) is 13.4. The van der Waals surface area contributed by atoms with Crippen molar-refractivity contribution in [2.24, 2.45) is 0 Å². The zero-order valence-corrected chi connectivity index (χ0v) is 12.4. The Morgan fingerprint density at radius 1 is 1.10 bits per heavy atom. The number of aromatic amines is 1. The summed E-state index contributed by atoms with van der Waals surface area (Å²) in [5.41, 5.74) is 3.32. The summed E-state index contributed by atoms with van der Waals surface area (Å²) in [7, 11) is 0. The molecule has 1 aromatic heterocycles. The van der Waals surface area contributed by atoms with E-state index in [0.29, 0.717) is 5.88 Å². The molecule has 0 aliphatic carbocycles. The van der Waals surface area contributed by atoms with Gasteiger partial charge in [0.2, 0.25) is 0 Å². The monoisotopic (exact) mass is 303 g/mol. The molecule has 20 heavy (non-hydrogen) atoms. The number of thiazole rings is 1.